The van der Waals surface area contributed by atoms with Crippen LogP contribution in [0.5, 0.6) is 0 Å². The largest absolute Gasteiger partial charge is 0.432 e. The van der Waals surface area contributed by atoms with Gasteiger partial charge in [0.05, 0.1) is 24.0 Å². The molecule has 4 atom stereocenters. The Labute approximate surface area is 294 Å². The van der Waals surface area contributed by atoms with Crippen LogP contribution in [0.2, 0.25) is 18.6 Å². The van der Waals surface area contributed by atoms with Gasteiger partial charge >= 0.3 is 0 Å². The Morgan fingerprint density at radius 1 is 0.940 bits per heavy atom. The first-order valence-electron chi connectivity index (χ1n) is 18.1. The van der Waals surface area contributed by atoms with Gasteiger partial charge in [0.2, 0.25) is 11.8 Å². The molecule has 7 rings (SSSR count). The van der Waals surface area contributed by atoms with Crippen LogP contribution in [0.15, 0.2) is 48.7 Å². The highest BCUT2D eigenvalue weighted by molar-refractivity contribution is 6.71. The molecule has 0 bridgehead atoms. The van der Waals surface area contributed by atoms with Crippen molar-refractivity contribution in [1.82, 2.24) is 15.0 Å². The fraction of sp³-hybridized carbons (Fsp3) is 0.541. The average molecular weight is 701 g/mol. The van der Waals surface area contributed by atoms with Crippen molar-refractivity contribution in [2.45, 2.75) is 102 Å². The lowest BCUT2D eigenvalue weighted by molar-refractivity contribution is -0.146. The first-order valence-corrected chi connectivity index (χ1v) is 21.1. The monoisotopic (exact) mass is 700 g/mol. The summed E-state index contributed by atoms with van der Waals surface area (Å²) in [6, 6.07) is 13.7. The summed E-state index contributed by atoms with van der Waals surface area (Å²) in [7, 11) is -2.89. The smallest absolute Gasteiger partial charge is 0.264 e. The molecule has 1 spiro atoms. The zero-order valence-corrected chi connectivity index (χ0v) is 30.3. The van der Waals surface area contributed by atoms with Gasteiger partial charge in [-0.05, 0) is 81.1 Å². The van der Waals surface area contributed by atoms with Gasteiger partial charge < -0.3 is 29.3 Å². The van der Waals surface area contributed by atoms with Gasteiger partial charge in [0, 0.05) is 80.1 Å². The van der Waals surface area contributed by atoms with E-state index in [4.69, 9.17) is 4.74 Å². The minimum Gasteiger partial charge on any atom is -0.432 e. The van der Waals surface area contributed by atoms with E-state index in [1.807, 2.05) is 78.5 Å². The molecule has 5 heterocycles. The number of anilines is 3. The van der Waals surface area contributed by atoms with Gasteiger partial charge in [0.15, 0.2) is 13.9 Å². The van der Waals surface area contributed by atoms with Crippen molar-refractivity contribution >= 4 is 43.1 Å². The van der Waals surface area contributed by atoms with Gasteiger partial charge in [-0.25, -0.2) is 0 Å². The van der Waals surface area contributed by atoms with Gasteiger partial charge in [-0.1, -0.05) is 24.3 Å². The number of hydrogen-bond donors (Lipinski definition) is 2. The maximum absolute atomic E-state index is 15.0. The molecule has 2 N–H and O–H groups in total. The molecule has 0 unspecified atom stereocenters. The van der Waals surface area contributed by atoms with Crippen LogP contribution in [0.4, 0.5) is 17.1 Å². The van der Waals surface area contributed by atoms with Crippen molar-refractivity contribution in [3.63, 3.8) is 0 Å². The standard InChI is InChI=1S/C37H48N6O6Si/c1-25-35(50(2,3)48)32(16-20-40-24-27(17-21-44)38-39-40)49-37(25)30-22-29(42-19-7-5-9-34(42)46)14-15-31(30)43(36(37)47)23-26-10-12-28(13-11-26)41-18-6-4-8-33(41)45/h10-15,22,24-25,32,35,44,48H,4-9,16-21,23H2,1-3H3/t25-,32+,35-,37+/m0/s1. The van der Waals surface area contributed by atoms with E-state index in [0.29, 0.717) is 57.6 Å². The summed E-state index contributed by atoms with van der Waals surface area (Å²) in [5.41, 5.74) is 3.11. The Bertz CT molecular complexity index is 1760. The third-order valence-electron chi connectivity index (χ3n) is 11.1. The Morgan fingerprint density at radius 3 is 2.24 bits per heavy atom. The summed E-state index contributed by atoms with van der Waals surface area (Å²) in [5.74, 6) is -0.309. The summed E-state index contributed by atoms with van der Waals surface area (Å²) in [5, 5.41) is 17.7. The molecule has 4 aliphatic rings. The zero-order chi connectivity index (χ0) is 35.2. The van der Waals surface area contributed by atoms with Crippen molar-refractivity contribution in [2.24, 2.45) is 5.92 Å². The van der Waals surface area contributed by atoms with E-state index in [2.05, 4.69) is 10.3 Å². The van der Waals surface area contributed by atoms with Crippen molar-refractivity contribution < 1.29 is 29.0 Å². The van der Waals surface area contributed by atoms with Crippen LogP contribution in [-0.4, -0.2) is 76.7 Å². The second-order valence-electron chi connectivity index (χ2n) is 14.9. The lowest BCUT2D eigenvalue weighted by Gasteiger charge is -2.33. The summed E-state index contributed by atoms with van der Waals surface area (Å²) in [6.45, 7) is 7.96. The van der Waals surface area contributed by atoms with Crippen LogP contribution < -0.4 is 14.7 Å². The molecular formula is C37H48N6O6Si. The first kappa shape index (κ1) is 34.5. The van der Waals surface area contributed by atoms with Crippen molar-refractivity contribution in [2.75, 3.05) is 34.4 Å². The number of benzene rings is 2. The molecule has 0 saturated carbocycles. The molecule has 0 radical (unpaired) electrons. The van der Waals surface area contributed by atoms with Crippen LogP contribution in [0.3, 0.4) is 0 Å². The Morgan fingerprint density at radius 2 is 1.60 bits per heavy atom. The SMILES string of the molecule is C[C@H]1[C@H]([Si](C)(C)O)[C@@H](CCn2cc(CCO)nn2)O[C@]12C(=O)N(Cc1ccc(N3CCCCC3=O)cc1)c1ccc(N3CCCCC3=O)cc12. The Balaban J connectivity index is 1.24. The number of ether oxygens (including phenoxy) is 1. The number of aliphatic hydroxyl groups excluding tert-OH is 1. The second kappa shape index (κ2) is 13.7. The lowest BCUT2D eigenvalue weighted by atomic mass is 9.82. The van der Waals surface area contributed by atoms with Crippen LogP contribution in [0.1, 0.15) is 68.7 Å². The van der Waals surface area contributed by atoms with Gasteiger partial charge in [-0.2, -0.15) is 0 Å². The van der Waals surface area contributed by atoms with E-state index in [0.717, 1.165) is 53.9 Å². The Hall–Kier alpha value is -3.91. The predicted octanol–water partition coefficient (Wildman–Crippen LogP) is 4.28. The number of aryl methyl sites for hydroxylation is 1. The minimum atomic E-state index is -2.89. The number of rotatable bonds is 10. The fourth-order valence-electron chi connectivity index (χ4n) is 8.72. The minimum absolute atomic E-state index is 0.0118. The van der Waals surface area contributed by atoms with Crippen LogP contribution in [0.25, 0.3) is 0 Å². The molecule has 12 nitrogen and oxygen atoms in total. The first-order chi connectivity index (χ1) is 24.0. The number of hydrogen-bond acceptors (Lipinski definition) is 8. The average Bonchev–Trinajstić information content (AvgIpc) is 3.74. The van der Waals surface area contributed by atoms with E-state index in [-0.39, 0.29) is 35.8 Å². The molecule has 50 heavy (non-hydrogen) atoms. The number of amides is 3. The zero-order valence-electron chi connectivity index (χ0n) is 29.3. The van der Waals surface area contributed by atoms with Crippen LogP contribution in [-0.2, 0) is 44.2 Å². The summed E-state index contributed by atoms with van der Waals surface area (Å²) in [4.78, 5) is 57.8. The molecule has 2 aromatic carbocycles. The molecular weight excluding hydrogens is 653 g/mol. The number of piperidine rings is 2. The van der Waals surface area contributed by atoms with Gasteiger partial charge in [-0.15, -0.1) is 5.10 Å². The van der Waals surface area contributed by atoms with Gasteiger partial charge in [-0.3, -0.25) is 19.1 Å². The lowest BCUT2D eigenvalue weighted by Crippen LogP contribution is -2.46. The van der Waals surface area contributed by atoms with E-state index >= 15 is 4.79 Å². The number of fused-ring (bicyclic) bond motifs is 2. The topological polar surface area (TPSA) is 141 Å². The number of carbonyl (C=O) groups is 3. The molecule has 3 saturated heterocycles. The van der Waals surface area contributed by atoms with Crippen LogP contribution in [0, 0.1) is 5.92 Å². The quantitative estimate of drug-likeness (QED) is 0.299. The summed E-state index contributed by atoms with van der Waals surface area (Å²) < 4.78 is 8.78. The molecule has 13 heteroatoms. The molecule has 3 amide bonds. The molecule has 266 valence electrons. The molecule has 1 aromatic heterocycles. The number of aliphatic hydroxyl groups is 1. The molecule has 3 fully saturated rings. The highest BCUT2D eigenvalue weighted by Crippen LogP contribution is 2.60. The van der Waals surface area contributed by atoms with Crippen molar-refractivity contribution in [3.8, 4) is 0 Å². The predicted molar refractivity (Wildman–Crippen MR) is 191 cm³/mol. The van der Waals surface area contributed by atoms with E-state index in [1.165, 1.54) is 0 Å². The van der Waals surface area contributed by atoms with Crippen molar-refractivity contribution in [3.05, 3.63) is 65.5 Å². The van der Waals surface area contributed by atoms with Gasteiger partial charge in [0.1, 0.15) is 0 Å². The second-order valence-corrected chi connectivity index (χ2v) is 18.8. The van der Waals surface area contributed by atoms with E-state index < -0.39 is 20.0 Å². The van der Waals surface area contributed by atoms with Crippen molar-refractivity contribution in [1.29, 1.82) is 0 Å². The summed E-state index contributed by atoms with van der Waals surface area (Å²) in [6.07, 6.45) is 7.06. The highest BCUT2D eigenvalue weighted by Gasteiger charge is 2.66. The maximum Gasteiger partial charge on any atom is 0.264 e. The van der Waals surface area contributed by atoms with Crippen LogP contribution >= 0.6 is 0 Å². The molecule has 3 aromatic rings. The maximum atomic E-state index is 15.0. The highest BCUT2D eigenvalue weighted by atomic mass is 28.4. The molecule has 4 aliphatic heterocycles. The summed E-state index contributed by atoms with van der Waals surface area (Å²) >= 11 is 0. The number of nitrogens with zero attached hydrogens (tertiary/aromatic N) is 6. The Kier molecular flexibility index (Phi) is 9.44. The van der Waals surface area contributed by atoms with E-state index in [9.17, 15) is 19.5 Å². The third kappa shape index (κ3) is 6.18. The molecule has 0 aliphatic carbocycles. The fourth-order valence-corrected chi connectivity index (χ4v) is 11.3. The van der Waals surface area contributed by atoms with Gasteiger partial charge in [0.25, 0.3) is 5.91 Å². The van der Waals surface area contributed by atoms with E-state index in [1.54, 1.807) is 9.58 Å². The third-order valence-corrected chi connectivity index (χ3v) is 13.6. The number of aromatic nitrogens is 3. The normalized spacial score (nSPS) is 25.7. The number of carbonyl (C=O) groups excluding carboxylic acids is 3.